The van der Waals surface area contributed by atoms with Crippen LogP contribution in [0.3, 0.4) is 0 Å². The second-order valence-electron chi connectivity index (χ2n) is 3.52. The molecule has 0 radical (unpaired) electrons. The highest BCUT2D eigenvalue weighted by Crippen LogP contribution is 2.32. The summed E-state index contributed by atoms with van der Waals surface area (Å²) in [6.45, 7) is 1.99. The van der Waals surface area contributed by atoms with E-state index in [0.29, 0.717) is 0 Å². The van der Waals surface area contributed by atoms with Gasteiger partial charge < -0.3 is 10.6 Å². The predicted molar refractivity (Wildman–Crippen MR) is 45.6 cm³/mol. The third-order valence-corrected chi connectivity index (χ3v) is 2.53. The lowest BCUT2D eigenvalue weighted by Crippen LogP contribution is -2.40. The van der Waals surface area contributed by atoms with Gasteiger partial charge in [-0.25, -0.2) is 0 Å². The Bertz CT molecular complexity index is 184. The standard InChI is InChI=1S/C8H15N3/c1-11-5-4-10-8(11)7(9)6-2-3-6/h6-7H,2-5,9H2,1H3. The van der Waals surface area contributed by atoms with Crippen molar-refractivity contribution in [2.24, 2.45) is 16.6 Å². The molecule has 0 amide bonds. The number of nitrogens with zero attached hydrogens (tertiary/aromatic N) is 2. The molecule has 62 valence electrons. The van der Waals surface area contributed by atoms with Crippen LogP contribution >= 0.6 is 0 Å². The van der Waals surface area contributed by atoms with Gasteiger partial charge in [0.15, 0.2) is 0 Å². The maximum Gasteiger partial charge on any atom is 0.116 e. The summed E-state index contributed by atoms with van der Waals surface area (Å²) in [5, 5.41) is 0. The summed E-state index contributed by atoms with van der Waals surface area (Å²) in [4.78, 5) is 6.58. The van der Waals surface area contributed by atoms with Crippen LogP contribution in [0.4, 0.5) is 0 Å². The van der Waals surface area contributed by atoms with Crippen molar-refractivity contribution in [1.29, 1.82) is 0 Å². The van der Waals surface area contributed by atoms with Crippen LogP contribution in [0.15, 0.2) is 4.99 Å². The molecule has 0 aromatic rings. The molecule has 1 saturated carbocycles. The van der Waals surface area contributed by atoms with Gasteiger partial charge in [0.25, 0.3) is 0 Å². The average Bonchev–Trinajstić information content (AvgIpc) is 2.74. The molecule has 1 atom stereocenters. The van der Waals surface area contributed by atoms with Crippen molar-refractivity contribution < 1.29 is 0 Å². The van der Waals surface area contributed by atoms with E-state index >= 15 is 0 Å². The molecule has 2 aliphatic rings. The van der Waals surface area contributed by atoms with Crippen molar-refractivity contribution in [3.8, 4) is 0 Å². The van der Waals surface area contributed by atoms with E-state index in [4.69, 9.17) is 5.73 Å². The Morgan fingerprint density at radius 3 is 2.82 bits per heavy atom. The summed E-state index contributed by atoms with van der Waals surface area (Å²) in [5.74, 6) is 1.86. The Morgan fingerprint density at radius 1 is 1.64 bits per heavy atom. The van der Waals surface area contributed by atoms with Gasteiger partial charge in [-0.3, -0.25) is 4.99 Å². The van der Waals surface area contributed by atoms with E-state index < -0.39 is 0 Å². The van der Waals surface area contributed by atoms with Crippen molar-refractivity contribution in [2.45, 2.75) is 18.9 Å². The van der Waals surface area contributed by atoms with Crippen LogP contribution in [-0.2, 0) is 0 Å². The number of rotatable bonds is 2. The number of amidine groups is 1. The lowest BCUT2D eigenvalue weighted by atomic mass is 10.2. The minimum Gasteiger partial charge on any atom is -0.360 e. The van der Waals surface area contributed by atoms with Crippen LogP contribution in [-0.4, -0.2) is 36.9 Å². The van der Waals surface area contributed by atoms with Crippen molar-refractivity contribution in [2.75, 3.05) is 20.1 Å². The first-order chi connectivity index (χ1) is 5.29. The molecule has 1 aliphatic heterocycles. The van der Waals surface area contributed by atoms with Crippen LogP contribution < -0.4 is 5.73 Å². The van der Waals surface area contributed by atoms with Gasteiger partial charge >= 0.3 is 0 Å². The van der Waals surface area contributed by atoms with Crippen molar-refractivity contribution in [1.82, 2.24) is 4.90 Å². The normalized spacial score (nSPS) is 27.1. The number of aliphatic imine (C=N–C) groups is 1. The fourth-order valence-electron chi connectivity index (χ4n) is 1.58. The van der Waals surface area contributed by atoms with Gasteiger partial charge in [0.05, 0.1) is 12.6 Å². The number of hydrogen-bond acceptors (Lipinski definition) is 3. The summed E-state index contributed by atoms with van der Waals surface area (Å²) in [6.07, 6.45) is 2.60. The van der Waals surface area contributed by atoms with Gasteiger partial charge in [-0.15, -0.1) is 0 Å². The molecular weight excluding hydrogens is 138 g/mol. The lowest BCUT2D eigenvalue weighted by molar-refractivity contribution is 0.524. The summed E-state index contributed by atoms with van der Waals surface area (Å²) in [7, 11) is 2.08. The first-order valence-corrected chi connectivity index (χ1v) is 4.30. The Hall–Kier alpha value is -0.570. The number of hydrogen-bond donors (Lipinski definition) is 1. The van der Waals surface area contributed by atoms with Gasteiger partial charge in [-0.1, -0.05) is 0 Å². The lowest BCUT2D eigenvalue weighted by Gasteiger charge is -2.19. The zero-order valence-electron chi connectivity index (χ0n) is 6.95. The van der Waals surface area contributed by atoms with Crippen molar-refractivity contribution in [3.05, 3.63) is 0 Å². The summed E-state index contributed by atoms with van der Waals surface area (Å²) in [5.41, 5.74) is 6.00. The molecule has 0 saturated heterocycles. The molecule has 2 N–H and O–H groups in total. The molecule has 0 aromatic heterocycles. The van der Waals surface area contributed by atoms with E-state index in [0.717, 1.165) is 24.8 Å². The SMILES string of the molecule is CN1CCN=C1C(N)C1CC1. The van der Waals surface area contributed by atoms with E-state index in [1.165, 1.54) is 12.8 Å². The Kier molecular flexibility index (Phi) is 1.60. The van der Waals surface area contributed by atoms with Crippen molar-refractivity contribution in [3.63, 3.8) is 0 Å². The zero-order chi connectivity index (χ0) is 7.84. The van der Waals surface area contributed by atoms with Gasteiger partial charge in [-0.05, 0) is 18.8 Å². The Labute approximate surface area is 67.3 Å². The van der Waals surface area contributed by atoms with Crippen molar-refractivity contribution >= 4 is 5.84 Å². The molecule has 1 aliphatic carbocycles. The summed E-state index contributed by atoms with van der Waals surface area (Å²) >= 11 is 0. The minimum absolute atomic E-state index is 0.225. The molecule has 2 rings (SSSR count). The number of likely N-dealkylation sites (N-methyl/N-ethyl adjacent to an activating group) is 1. The fourth-order valence-corrected chi connectivity index (χ4v) is 1.58. The van der Waals surface area contributed by atoms with Crippen LogP contribution in [0.2, 0.25) is 0 Å². The van der Waals surface area contributed by atoms with E-state index in [1.54, 1.807) is 0 Å². The topological polar surface area (TPSA) is 41.6 Å². The summed E-state index contributed by atoms with van der Waals surface area (Å²) < 4.78 is 0. The number of nitrogens with two attached hydrogens (primary N) is 1. The van der Waals surface area contributed by atoms with Crippen LogP contribution in [0.1, 0.15) is 12.8 Å². The molecule has 3 nitrogen and oxygen atoms in total. The first kappa shape index (κ1) is 7.10. The predicted octanol–water partition coefficient (Wildman–Crippen LogP) is 0.0676. The van der Waals surface area contributed by atoms with E-state index in [1.807, 2.05) is 0 Å². The molecule has 0 spiro atoms. The third-order valence-electron chi connectivity index (χ3n) is 2.53. The maximum absolute atomic E-state index is 6.00. The smallest absolute Gasteiger partial charge is 0.116 e. The van der Waals surface area contributed by atoms with Crippen LogP contribution in [0.5, 0.6) is 0 Å². The van der Waals surface area contributed by atoms with Gasteiger partial charge in [0, 0.05) is 13.6 Å². The first-order valence-electron chi connectivity index (χ1n) is 4.30. The molecule has 1 unspecified atom stereocenters. The highest BCUT2D eigenvalue weighted by Gasteiger charge is 2.34. The van der Waals surface area contributed by atoms with Crippen LogP contribution in [0.25, 0.3) is 0 Å². The molecule has 0 bridgehead atoms. The van der Waals surface area contributed by atoms with Gasteiger partial charge in [-0.2, -0.15) is 0 Å². The third kappa shape index (κ3) is 1.25. The second kappa shape index (κ2) is 2.48. The molecule has 1 heterocycles. The second-order valence-corrected chi connectivity index (χ2v) is 3.52. The Morgan fingerprint density at radius 2 is 2.36 bits per heavy atom. The largest absolute Gasteiger partial charge is 0.360 e. The quantitative estimate of drug-likeness (QED) is 0.610. The van der Waals surface area contributed by atoms with Crippen LogP contribution in [0, 0.1) is 5.92 Å². The average molecular weight is 153 g/mol. The molecule has 1 fully saturated rings. The summed E-state index contributed by atoms with van der Waals surface area (Å²) in [6, 6.07) is 0.225. The van der Waals surface area contributed by atoms with Gasteiger partial charge in [0.2, 0.25) is 0 Å². The molecule has 11 heavy (non-hydrogen) atoms. The monoisotopic (exact) mass is 153 g/mol. The highest BCUT2D eigenvalue weighted by atomic mass is 15.2. The zero-order valence-corrected chi connectivity index (χ0v) is 6.95. The molecular formula is C8H15N3. The maximum atomic E-state index is 6.00. The van der Waals surface area contributed by atoms with E-state index in [-0.39, 0.29) is 6.04 Å². The minimum atomic E-state index is 0.225. The molecule has 3 heteroatoms. The van der Waals surface area contributed by atoms with E-state index in [2.05, 4.69) is 16.9 Å². The fraction of sp³-hybridized carbons (Fsp3) is 0.875. The van der Waals surface area contributed by atoms with E-state index in [9.17, 15) is 0 Å². The highest BCUT2D eigenvalue weighted by molar-refractivity contribution is 5.89. The molecule has 0 aromatic carbocycles. The van der Waals surface area contributed by atoms with Gasteiger partial charge in [0.1, 0.15) is 5.84 Å². The Balaban J connectivity index is 2.01.